The Labute approximate surface area is 72.6 Å². The summed E-state index contributed by atoms with van der Waals surface area (Å²) in [5, 5.41) is 11.9. The molecule has 4 heteroatoms. The molecule has 70 valence electrons. The van der Waals surface area contributed by atoms with E-state index in [2.05, 4.69) is 5.32 Å². The Bertz CT molecular complexity index is 168. The summed E-state index contributed by atoms with van der Waals surface area (Å²) in [4.78, 5) is 12.8. The van der Waals surface area contributed by atoms with E-state index in [1.165, 1.54) is 0 Å². The average molecular weight is 172 g/mol. The maximum atomic E-state index is 11.2. The first-order valence-corrected chi connectivity index (χ1v) is 4.30. The summed E-state index contributed by atoms with van der Waals surface area (Å²) in [6, 6.07) is -0.0611. The van der Waals surface area contributed by atoms with Crippen LogP contribution in [0.3, 0.4) is 0 Å². The van der Waals surface area contributed by atoms with Gasteiger partial charge >= 0.3 is 6.03 Å². The molecule has 2 N–H and O–H groups in total. The number of amides is 2. The number of carbonyl (C=O) groups excluding carboxylic acids is 1. The molecule has 1 aliphatic heterocycles. The fourth-order valence-electron chi connectivity index (χ4n) is 1.32. The van der Waals surface area contributed by atoms with Crippen molar-refractivity contribution in [1.82, 2.24) is 10.2 Å². The number of β-amino-alcohol motifs (C(OH)–C–C–N with tert-alkyl or cyclic N) is 1. The Morgan fingerprint density at radius 1 is 1.75 bits per heavy atom. The fourth-order valence-corrected chi connectivity index (χ4v) is 1.32. The number of aliphatic hydroxyl groups excluding tert-OH is 1. The second-order valence-electron chi connectivity index (χ2n) is 3.64. The lowest BCUT2D eigenvalue weighted by molar-refractivity contribution is 0.0914. The van der Waals surface area contributed by atoms with Crippen LogP contribution in [-0.2, 0) is 0 Å². The quantitative estimate of drug-likeness (QED) is 0.617. The first-order valence-electron chi connectivity index (χ1n) is 4.30. The molecule has 12 heavy (non-hydrogen) atoms. The highest BCUT2D eigenvalue weighted by Crippen LogP contribution is 2.04. The smallest absolute Gasteiger partial charge is 0.317 e. The van der Waals surface area contributed by atoms with Crippen LogP contribution >= 0.6 is 0 Å². The summed E-state index contributed by atoms with van der Waals surface area (Å²) in [6.45, 7) is 5.66. The van der Waals surface area contributed by atoms with Gasteiger partial charge in [-0.15, -0.1) is 0 Å². The Balaban J connectivity index is 2.43. The molecule has 0 aromatic rings. The lowest BCUT2D eigenvalue weighted by Crippen LogP contribution is -2.54. The van der Waals surface area contributed by atoms with Crippen molar-refractivity contribution >= 4 is 6.03 Å². The summed E-state index contributed by atoms with van der Waals surface area (Å²) in [5.74, 6) is 0.445. The van der Waals surface area contributed by atoms with E-state index in [1.54, 1.807) is 4.90 Å². The second kappa shape index (κ2) is 3.76. The topological polar surface area (TPSA) is 52.6 Å². The highest BCUT2D eigenvalue weighted by molar-refractivity contribution is 5.75. The molecule has 1 unspecified atom stereocenters. The van der Waals surface area contributed by atoms with Gasteiger partial charge in [-0.05, 0) is 5.92 Å². The molecule has 1 rings (SSSR count). The minimum absolute atomic E-state index is 0.0611. The molecule has 1 heterocycles. The number of nitrogens with one attached hydrogen (secondary N) is 1. The van der Waals surface area contributed by atoms with Crippen LogP contribution in [-0.4, -0.2) is 41.8 Å². The minimum Gasteiger partial charge on any atom is -0.389 e. The van der Waals surface area contributed by atoms with E-state index in [9.17, 15) is 9.90 Å². The molecule has 1 aliphatic rings. The molecule has 0 aromatic carbocycles. The molecular weight excluding hydrogens is 156 g/mol. The fraction of sp³-hybridized carbons (Fsp3) is 0.875. The molecule has 0 saturated carbocycles. The van der Waals surface area contributed by atoms with Crippen molar-refractivity contribution in [2.45, 2.75) is 20.0 Å². The Morgan fingerprint density at radius 2 is 2.42 bits per heavy atom. The first-order chi connectivity index (χ1) is 5.59. The molecule has 0 bridgehead atoms. The first kappa shape index (κ1) is 9.32. The molecule has 0 aromatic heterocycles. The van der Waals surface area contributed by atoms with Crippen LogP contribution in [0, 0.1) is 5.92 Å². The van der Waals surface area contributed by atoms with Crippen LogP contribution in [0.25, 0.3) is 0 Å². The molecule has 0 spiro atoms. The number of nitrogens with zero attached hydrogens (tertiary/aromatic N) is 1. The number of carbonyl (C=O) groups is 1. The zero-order valence-corrected chi connectivity index (χ0v) is 7.58. The average Bonchev–Trinajstić information content (AvgIpc) is 1.96. The normalized spacial score (nSPS) is 24.5. The standard InChI is InChI=1S/C8H16N2O2/c1-6(2)4-10-5-7(11)3-9-8(10)12/h6-7,11H,3-5H2,1-2H3,(H,9,12). The van der Waals surface area contributed by atoms with Crippen LogP contribution in [0.2, 0.25) is 0 Å². The van der Waals surface area contributed by atoms with Crippen molar-refractivity contribution in [3.8, 4) is 0 Å². The van der Waals surface area contributed by atoms with Gasteiger partial charge < -0.3 is 15.3 Å². The van der Waals surface area contributed by atoms with Crippen LogP contribution < -0.4 is 5.32 Å². The van der Waals surface area contributed by atoms with E-state index < -0.39 is 6.10 Å². The van der Waals surface area contributed by atoms with Gasteiger partial charge in [0.2, 0.25) is 0 Å². The van der Waals surface area contributed by atoms with Gasteiger partial charge in [0.15, 0.2) is 0 Å². The minimum atomic E-state index is -0.415. The van der Waals surface area contributed by atoms with Gasteiger partial charge in [0.1, 0.15) is 0 Å². The Kier molecular flexibility index (Phi) is 2.92. The molecular formula is C8H16N2O2. The predicted octanol–water partition coefficient (Wildman–Crippen LogP) is 0.0285. The van der Waals surface area contributed by atoms with Crippen molar-refractivity contribution < 1.29 is 9.90 Å². The molecule has 0 radical (unpaired) electrons. The van der Waals surface area contributed by atoms with Crippen LogP contribution in [0.4, 0.5) is 4.79 Å². The van der Waals surface area contributed by atoms with Crippen molar-refractivity contribution in [3.63, 3.8) is 0 Å². The van der Waals surface area contributed by atoms with Crippen molar-refractivity contribution in [1.29, 1.82) is 0 Å². The number of hydrogen-bond donors (Lipinski definition) is 2. The largest absolute Gasteiger partial charge is 0.389 e. The van der Waals surface area contributed by atoms with Gasteiger partial charge in [0.05, 0.1) is 12.6 Å². The van der Waals surface area contributed by atoms with Gasteiger partial charge in [-0.25, -0.2) is 4.79 Å². The summed E-state index contributed by atoms with van der Waals surface area (Å²) in [5.41, 5.74) is 0. The van der Waals surface area contributed by atoms with Crippen molar-refractivity contribution in [3.05, 3.63) is 0 Å². The number of urea groups is 1. The Morgan fingerprint density at radius 3 is 3.00 bits per heavy atom. The van der Waals surface area contributed by atoms with E-state index in [0.29, 0.717) is 25.6 Å². The summed E-state index contributed by atoms with van der Waals surface area (Å²) in [6.07, 6.45) is -0.415. The van der Waals surface area contributed by atoms with E-state index in [4.69, 9.17) is 0 Å². The van der Waals surface area contributed by atoms with Gasteiger partial charge in [-0.3, -0.25) is 0 Å². The highest BCUT2D eigenvalue weighted by atomic mass is 16.3. The zero-order chi connectivity index (χ0) is 9.14. The molecule has 0 aliphatic carbocycles. The predicted molar refractivity (Wildman–Crippen MR) is 45.8 cm³/mol. The number of aliphatic hydroxyl groups is 1. The van der Waals surface area contributed by atoms with Gasteiger partial charge in [0.25, 0.3) is 0 Å². The molecule has 1 saturated heterocycles. The third-order valence-electron chi connectivity index (χ3n) is 1.79. The zero-order valence-electron chi connectivity index (χ0n) is 7.58. The van der Waals surface area contributed by atoms with E-state index in [0.717, 1.165) is 0 Å². The second-order valence-corrected chi connectivity index (χ2v) is 3.64. The SMILES string of the molecule is CC(C)CN1CC(O)CNC1=O. The lowest BCUT2D eigenvalue weighted by atomic mass is 10.2. The Hall–Kier alpha value is -0.770. The van der Waals surface area contributed by atoms with E-state index in [-0.39, 0.29) is 6.03 Å². The third kappa shape index (κ3) is 2.37. The molecule has 1 atom stereocenters. The molecule has 4 nitrogen and oxygen atoms in total. The highest BCUT2D eigenvalue weighted by Gasteiger charge is 2.23. The summed E-state index contributed by atoms with van der Waals surface area (Å²) >= 11 is 0. The van der Waals surface area contributed by atoms with Crippen molar-refractivity contribution in [2.75, 3.05) is 19.6 Å². The van der Waals surface area contributed by atoms with Crippen molar-refractivity contribution in [2.24, 2.45) is 5.92 Å². The maximum Gasteiger partial charge on any atom is 0.317 e. The van der Waals surface area contributed by atoms with Crippen LogP contribution in [0.5, 0.6) is 0 Å². The van der Waals surface area contributed by atoms with E-state index in [1.807, 2.05) is 13.8 Å². The molecule has 1 fully saturated rings. The van der Waals surface area contributed by atoms with Crippen LogP contribution in [0.15, 0.2) is 0 Å². The van der Waals surface area contributed by atoms with E-state index >= 15 is 0 Å². The number of rotatable bonds is 2. The van der Waals surface area contributed by atoms with Crippen LogP contribution in [0.1, 0.15) is 13.8 Å². The third-order valence-corrected chi connectivity index (χ3v) is 1.79. The van der Waals surface area contributed by atoms with Gasteiger partial charge in [0, 0.05) is 13.1 Å². The van der Waals surface area contributed by atoms with Gasteiger partial charge in [-0.1, -0.05) is 13.8 Å². The lowest BCUT2D eigenvalue weighted by Gasteiger charge is -2.31. The maximum absolute atomic E-state index is 11.2. The van der Waals surface area contributed by atoms with Gasteiger partial charge in [-0.2, -0.15) is 0 Å². The summed E-state index contributed by atoms with van der Waals surface area (Å²) in [7, 11) is 0. The molecule has 2 amide bonds. The monoisotopic (exact) mass is 172 g/mol. The number of hydrogen-bond acceptors (Lipinski definition) is 2. The summed E-state index contributed by atoms with van der Waals surface area (Å²) < 4.78 is 0.